The number of carbonyl (C=O) groups is 6. The molecule has 0 aliphatic heterocycles. The lowest BCUT2D eigenvalue weighted by molar-refractivity contribution is -0.143. The molecule has 0 saturated carbocycles. The lowest BCUT2D eigenvalue weighted by Gasteiger charge is -2.20. The number of amides is 2. The fourth-order valence-electron chi connectivity index (χ4n) is 3.24. The third-order valence-electron chi connectivity index (χ3n) is 4.79. The fraction of sp³-hybridized carbons (Fsp3) is 0.538. The van der Waals surface area contributed by atoms with Gasteiger partial charge in [-0.2, -0.15) is 0 Å². The predicted molar refractivity (Wildman–Crippen MR) is 135 cm³/mol. The highest BCUT2D eigenvalue weighted by Crippen LogP contribution is 2.22. The van der Waals surface area contributed by atoms with Crippen LogP contribution in [-0.2, 0) is 28.6 Å². The van der Waals surface area contributed by atoms with E-state index >= 15 is 0 Å². The zero-order chi connectivity index (χ0) is 28.9. The second-order valence-electron chi connectivity index (χ2n) is 9.41. The number of methoxy groups -OCH3 is 1. The van der Waals surface area contributed by atoms with Gasteiger partial charge in [-0.25, -0.2) is 9.59 Å². The number of hydrogen-bond acceptors (Lipinski definition) is 10. The summed E-state index contributed by atoms with van der Waals surface area (Å²) in [5, 5.41) is 5.32. The minimum atomic E-state index is -0.813. The van der Waals surface area contributed by atoms with Crippen molar-refractivity contribution < 1.29 is 47.7 Å². The van der Waals surface area contributed by atoms with Crippen molar-refractivity contribution in [3.05, 3.63) is 29.3 Å². The molecule has 0 heterocycles. The molecule has 0 spiro atoms. The SMILES string of the molecule is COC(=O)c1cc(C(=O)COC(=O)CC(CCCCNC(=O)OC(C)(C)C)NC(C)=O)ccc1OC(C)=O. The molecule has 0 radical (unpaired) electrons. The number of ether oxygens (including phenoxy) is 4. The summed E-state index contributed by atoms with van der Waals surface area (Å²) in [6, 6.07) is 3.26. The molecule has 12 heteroatoms. The van der Waals surface area contributed by atoms with Crippen LogP contribution in [-0.4, -0.2) is 67.6 Å². The number of carbonyl (C=O) groups excluding carboxylic acids is 6. The van der Waals surface area contributed by atoms with Crippen LogP contribution in [0.3, 0.4) is 0 Å². The maximum absolute atomic E-state index is 12.5. The summed E-state index contributed by atoms with van der Waals surface area (Å²) in [6.45, 7) is 7.54. The van der Waals surface area contributed by atoms with Crippen molar-refractivity contribution >= 4 is 35.7 Å². The Morgan fingerprint density at radius 2 is 1.68 bits per heavy atom. The van der Waals surface area contributed by atoms with E-state index in [0.717, 1.165) is 14.0 Å². The van der Waals surface area contributed by atoms with Crippen LogP contribution in [0.5, 0.6) is 5.75 Å². The van der Waals surface area contributed by atoms with Crippen LogP contribution >= 0.6 is 0 Å². The van der Waals surface area contributed by atoms with Crippen molar-refractivity contribution in [2.45, 2.75) is 71.9 Å². The molecule has 0 fully saturated rings. The highest BCUT2D eigenvalue weighted by atomic mass is 16.6. The zero-order valence-corrected chi connectivity index (χ0v) is 22.6. The van der Waals surface area contributed by atoms with Crippen molar-refractivity contribution in [3.63, 3.8) is 0 Å². The van der Waals surface area contributed by atoms with Gasteiger partial charge in [0.1, 0.15) is 16.9 Å². The number of benzene rings is 1. The van der Waals surface area contributed by atoms with Crippen LogP contribution in [0.4, 0.5) is 4.79 Å². The normalized spacial score (nSPS) is 11.5. The molecule has 1 unspecified atom stereocenters. The molecule has 12 nitrogen and oxygen atoms in total. The standard InChI is InChI=1S/C26H36N2O10/c1-16(29)28-19(9-7-8-12-27-25(34)38-26(3,4)5)14-23(32)36-15-21(31)18-10-11-22(37-17(2)30)20(13-18)24(33)35-6/h10-11,13,19H,7-9,12,14-15H2,1-6H3,(H,27,34)(H,28,29). The third kappa shape index (κ3) is 12.8. The lowest BCUT2D eigenvalue weighted by atomic mass is 10.1. The first-order valence-corrected chi connectivity index (χ1v) is 12.1. The number of nitrogens with one attached hydrogen (secondary N) is 2. The van der Waals surface area contributed by atoms with E-state index in [1.807, 2.05) is 0 Å². The first-order chi connectivity index (χ1) is 17.7. The monoisotopic (exact) mass is 536 g/mol. The molecule has 38 heavy (non-hydrogen) atoms. The summed E-state index contributed by atoms with van der Waals surface area (Å²) in [7, 11) is 1.14. The van der Waals surface area contributed by atoms with Crippen molar-refractivity contribution in [1.29, 1.82) is 0 Å². The fourth-order valence-corrected chi connectivity index (χ4v) is 3.24. The summed E-state index contributed by atoms with van der Waals surface area (Å²) < 4.78 is 19.9. The molecular formula is C26H36N2O10. The summed E-state index contributed by atoms with van der Waals surface area (Å²) in [4.78, 5) is 71.4. The summed E-state index contributed by atoms with van der Waals surface area (Å²) in [5.74, 6) is -3.16. The van der Waals surface area contributed by atoms with E-state index in [-0.39, 0.29) is 29.2 Å². The summed E-state index contributed by atoms with van der Waals surface area (Å²) in [5.41, 5.74) is -0.684. The van der Waals surface area contributed by atoms with Crippen LogP contribution in [0, 0.1) is 0 Å². The van der Waals surface area contributed by atoms with Gasteiger partial charge in [0.05, 0.1) is 13.5 Å². The highest BCUT2D eigenvalue weighted by molar-refractivity contribution is 6.02. The molecule has 2 amide bonds. The van der Waals surface area contributed by atoms with Gasteiger partial charge in [-0.3, -0.25) is 19.2 Å². The molecule has 0 bridgehead atoms. The average molecular weight is 537 g/mol. The lowest BCUT2D eigenvalue weighted by Crippen LogP contribution is -2.36. The Morgan fingerprint density at radius 3 is 2.26 bits per heavy atom. The van der Waals surface area contributed by atoms with Crippen molar-refractivity contribution in [2.75, 3.05) is 20.3 Å². The number of ketones is 1. The molecule has 1 rings (SSSR count). The molecular weight excluding hydrogens is 500 g/mol. The van der Waals surface area contributed by atoms with E-state index in [1.54, 1.807) is 20.8 Å². The Labute approximate surface area is 221 Å². The van der Waals surface area contributed by atoms with E-state index in [0.29, 0.717) is 25.8 Å². The molecule has 210 valence electrons. The van der Waals surface area contributed by atoms with Crippen molar-refractivity contribution in [1.82, 2.24) is 10.6 Å². The molecule has 0 aromatic heterocycles. The summed E-state index contributed by atoms with van der Waals surface area (Å²) in [6.07, 6.45) is 0.945. The van der Waals surface area contributed by atoms with E-state index in [1.165, 1.54) is 25.1 Å². The Kier molecular flexibility index (Phi) is 12.9. The third-order valence-corrected chi connectivity index (χ3v) is 4.79. The Balaban J connectivity index is 2.62. The quantitative estimate of drug-likeness (QED) is 0.126. The Morgan fingerprint density at radius 1 is 1.00 bits per heavy atom. The van der Waals surface area contributed by atoms with Gasteiger partial charge in [-0.05, 0) is 58.2 Å². The number of hydrogen-bond donors (Lipinski definition) is 2. The first kappa shape index (κ1) is 32.1. The van der Waals surface area contributed by atoms with Gasteiger partial charge in [0, 0.05) is 32.0 Å². The number of esters is 3. The first-order valence-electron chi connectivity index (χ1n) is 12.1. The van der Waals surface area contributed by atoms with Gasteiger partial charge in [-0.1, -0.05) is 0 Å². The van der Waals surface area contributed by atoms with E-state index in [4.69, 9.17) is 14.2 Å². The molecule has 1 aromatic rings. The van der Waals surface area contributed by atoms with Gasteiger partial charge in [0.25, 0.3) is 0 Å². The predicted octanol–water partition coefficient (Wildman–Crippen LogP) is 2.71. The van der Waals surface area contributed by atoms with Crippen LogP contribution in [0.15, 0.2) is 18.2 Å². The topological polar surface area (TPSA) is 163 Å². The molecule has 0 aliphatic rings. The minimum absolute atomic E-state index is 0.0463. The zero-order valence-electron chi connectivity index (χ0n) is 22.6. The van der Waals surface area contributed by atoms with E-state index in [9.17, 15) is 28.8 Å². The van der Waals surface area contributed by atoms with Crippen LogP contribution in [0.2, 0.25) is 0 Å². The Hall–Kier alpha value is -3.96. The molecule has 2 N–H and O–H groups in total. The Bertz CT molecular complexity index is 1030. The second kappa shape index (κ2) is 15.3. The molecule has 0 aliphatic carbocycles. The molecule has 1 aromatic carbocycles. The van der Waals surface area contributed by atoms with E-state index in [2.05, 4.69) is 15.4 Å². The van der Waals surface area contributed by atoms with Crippen LogP contribution in [0.1, 0.15) is 81.0 Å². The van der Waals surface area contributed by atoms with Gasteiger partial charge >= 0.3 is 24.0 Å². The number of rotatable bonds is 13. The van der Waals surface area contributed by atoms with Crippen molar-refractivity contribution in [2.24, 2.45) is 0 Å². The van der Waals surface area contributed by atoms with Gasteiger partial charge < -0.3 is 29.6 Å². The molecule has 1 atom stereocenters. The maximum atomic E-state index is 12.5. The summed E-state index contributed by atoms with van der Waals surface area (Å²) >= 11 is 0. The number of Topliss-reactive ketones (excluding diaryl/α,β-unsaturated/α-hetero) is 1. The molecule has 0 saturated heterocycles. The van der Waals surface area contributed by atoms with Crippen LogP contribution in [0.25, 0.3) is 0 Å². The average Bonchev–Trinajstić information content (AvgIpc) is 2.80. The largest absolute Gasteiger partial charge is 0.465 e. The minimum Gasteiger partial charge on any atom is -0.465 e. The van der Waals surface area contributed by atoms with Gasteiger partial charge in [-0.15, -0.1) is 0 Å². The number of alkyl carbamates (subject to hydrolysis) is 1. The van der Waals surface area contributed by atoms with Gasteiger partial charge in [0.2, 0.25) is 5.91 Å². The highest BCUT2D eigenvalue weighted by Gasteiger charge is 2.21. The van der Waals surface area contributed by atoms with Crippen molar-refractivity contribution in [3.8, 4) is 5.75 Å². The van der Waals surface area contributed by atoms with E-state index < -0.39 is 48.0 Å². The smallest absolute Gasteiger partial charge is 0.407 e. The van der Waals surface area contributed by atoms with Crippen LogP contribution < -0.4 is 15.4 Å². The second-order valence-corrected chi connectivity index (χ2v) is 9.41. The number of unbranched alkanes of at least 4 members (excludes halogenated alkanes) is 1. The van der Waals surface area contributed by atoms with Gasteiger partial charge in [0.15, 0.2) is 12.4 Å². The maximum Gasteiger partial charge on any atom is 0.407 e.